The Kier molecular flexibility index (Phi) is 10.5. The Morgan fingerprint density at radius 1 is 0.455 bits per heavy atom. The lowest BCUT2D eigenvalue weighted by molar-refractivity contribution is -0.138. The van der Waals surface area contributed by atoms with Crippen LogP contribution in [0.5, 0.6) is 0 Å². The van der Waals surface area contributed by atoms with Crippen molar-refractivity contribution in [2.24, 2.45) is 0 Å². The number of rotatable bonds is 10. The van der Waals surface area contributed by atoms with Crippen molar-refractivity contribution in [1.82, 2.24) is 5.32 Å². The van der Waals surface area contributed by atoms with E-state index in [2.05, 4.69) is 182 Å². The van der Waals surface area contributed by atoms with Crippen LogP contribution in [0.4, 0.5) is 0 Å². The summed E-state index contributed by atoms with van der Waals surface area (Å²) in [6.45, 7) is 16.6. The summed E-state index contributed by atoms with van der Waals surface area (Å²) >= 11 is 0. The Bertz CT molecular complexity index is 1960. The molecule has 4 nitrogen and oxygen atoms in total. The Labute approximate surface area is 327 Å². The number of benzene rings is 6. The molecule has 3 N–H and O–H groups in total. The highest BCUT2D eigenvalue weighted by atomic mass is 16.6. The highest BCUT2D eigenvalue weighted by molar-refractivity contribution is 5.50. The second-order valence-corrected chi connectivity index (χ2v) is 16.5. The van der Waals surface area contributed by atoms with Crippen molar-refractivity contribution < 1.29 is 14.9 Å². The molecule has 1 saturated heterocycles. The standard InChI is InChI=1S/C51H55NO3/c1-33-19-34(2)24-43(23-33)50(53,44-25-35(3)20-36(4)26-44)47-48(51(54,45-27-37(5)21-38(6)28-45)46-29-39(7)22-40(8)30-46)55-49(52-47,31-41-15-11-9-12-16-41)32-42-17-13-10-14-18-42/h9-30,47-48,52-54H,31-32H2,1-8H3/t47-,48-/m1/s1. The summed E-state index contributed by atoms with van der Waals surface area (Å²) in [6.07, 6.45) is 0.0247. The second kappa shape index (κ2) is 15.0. The molecule has 55 heavy (non-hydrogen) atoms. The lowest BCUT2D eigenvalue weighted by Crippen LogP contribution is -2.59. The van der Waals surface area contributed by atoms with E-state index in [4.69, 9.17) is 4.74 Å². The zero-order valence-corrected chi connectivity index (χ0v) is 33.6. The fraction of sp³-hybridized carbons (Fsp3) is 0.294. The largest absolute Gasteiger partial charge is 0.379 e. The van der Waals surface area contributed by atoms with Gasteiger partial charge in [-0.3, -0.25) is 5.32 Å². The van der Waals surface area contributed by atoms with E-state index in [0.717, 1.165) is 77.9 Å². The van der Waals surface area contributed by atoms with Crippen LogP contribution >= 0.6 is 0 Å². The van der Waals surface area contributed by atoms with E-state index >= 15 is 0 Å². The summed E-state index contributed by atoms with van der Waals surface area (Å²) in [7, 11) is 0. The van der Waals surface area contributed by atoms with E-state index < -0.39 is 29.1 Å². The van der Waals surface area contributed by atoms with Gasteiger partial charge in [-0.25, -0.2) is 0 Å². The van der Waals surface area contributed by atoms with Gasteiger partial charge in [0.05, 0.1) is 6.04 Å². The van der Waals surface area contributed by atoms with Gasteiger partial charge in [0.25, 0.3) is 0 Å². The number of aryl methyl sites for hydroxylation is 8. The maximum atomic E-state index is 14.1. The predicted molar refractivity (Wildman–Crippen MR) is 224 cm³/mol. The molecule has 0 unspecified atom stereocenters. The van der Waals surface area contributed by atoms with Gasteiger partial charge >= 0.3 is 0 Å². The van der Waals surface area contributed by atoms with Crippen LogP contribution in [-0.4, -0.2) is 28.1 Å². The average molecular weight is 730 g/mol. The van der Waals surface area contributed by atoms with Crippen LogP contribution in [0.1, 0.15) is 77.9 Å². The third-order valence-corrected chi connectivity index (χ3v) is 11.2. The first-order chi connectivity index (χ1) is 26.2. The highest BCUT2D eigenvalue weighted by Crippen LogP contribution is 2.50. The van der Waals surface area contributed by atoms with E-state index in [9.17, 15) is 10.2 Å². The van der Waals surface area contributed by atoms with Gasteiger partial charge in [-0.05, 0) is 88.8 Å². The SMILES string of the molecule is Cc1cc(C)cc(C(O)(c2cc(C)cc(C)c2)[C@@H]2NC(Cc3ccccc3)(Cc3ccccc3)O[C@H]2C(O)(c2cc(C)cc(C)c2)c2cc(C)cc(C)c2)c1. The van der Waals surface area contributed by atoms with Crippen molar-refractivity contribution in [3.8, 4) is 0 Å². The van der Waals surface area contributed by atoms with Crippen LogP contribution in [0.2, 0.25) is 0 Å². The van der Waals surface area contributed by atoms with Gasteiger partial charge in [0, 0.05) is 12.8 Å². The average Bonchev–Trinajstić information content (AvgIpc) is 3.49. The summed E-state index contributed by atoms with van der Waals surface area (Å²) in [6, 6.07) is 45.1. The first kappa shape index (κ1) is 38.4. The third kappa shape index (κ3) is 7.70. The Morgan fingerprint density at radius 2 is 0.745 bits per heavy atom. The molecule has 0 spiro atoms. The lowest BCUT2D eigenvalue weighted by atomic mass is 9.69. The summed E-state index contributed by atoms with van der Waals surface area (Å²) in [5, 5.41) is 32.2. The van der Waals surface area contributed by atoms with Gasteiger partial charge < -0.3 is 14.9 Å². The van der Waals surface area contributed by atoms with Gasteiger partial charge in [-0.15, -0.1) is 0 Å². The van der Waals surface area contributed by atoms with Crippen molar-refractivity contribution >= 4 is 0 Å². The monoisotopic (exact) mass is 729 g/mol. The minimum atomic E-state index is -1.70. The molecule has 1 aliphatic heterocycles. The molecule has 0 bridgehead atoms. The molecule has 1 fully saturated rings. The zero-order valence-electron chi connectivity index (χ0n) is 33.6. The quantitative estimate of drug-likeness (QED) is 0.131. The summed E-state index contributed by atoms with van der Waals surface area (Å²) < 4.78 is 7.69. The topological polar surface area (TPSA) is 61.7 Å². The molecule has 0 aromatic heterocycles. The summed E-state index contributed by atoms with van der Waals surface area (Å²) in [5.41, 5.74) is 9.10. The molecular formula is C51H55NO3. The van der Waals surface area contributed by atoms with E-state index in [1.165, 1.54) is 0 Å². The van der Waals surface area contributed by atoms with Crippen molar-refractivity contribution in [2.45, 2.75) is 97.3 Å². The fourth-order valence-corrected chi connectivity index (χ4v) is 9.25. The van der Waals surface area contributed by atoms with Crippen LogP contribution in [-0.2, 0) is 28.8 Å². The molecule has 6 aromatic carbocycles. The second-order valence-electron chi connectivity index (χ2n) is 16.5. The van der Waals surface area contributed by atoms with Gasteiger partial charge in [-0.2, -0.15) is 0 Å². The zero-order chi connectivity index (χ0) is 39.1. The Morgan fingerprint density at radius 3 is 1.05 bits per heavy atom. The highest BCUT2D eigenvalue weighted by Gasteiger charge is 2.62. The molecule has 2 atom stereocenters. The van der Waals surface area contributed by atoms with Crippen LogP contribution in [0.3, 0.4) is 0 Å². The van der Waals surface area contributed by atoms with E-state index in [-0.39, 0.29) is 0 Å². The fourth-order valence-electron chi connectivity index (χ4n) is 9.25. The smallest absolute Gasteiger partial charge is 0.142 e. The first-order valence-corrected chi connectivity index (χ1v) is 19.5. The van der Waals surface area contributed by atoms with Crippen molar-refractivity contribution in [2.75, 3.05) is 0 Å². The maximum absolute atomic E-state index is 14.1. The molecular weight excluding hydrogens is 675 g/mol. The lowest BCUT2D eigenvalue weighted by Gasteiger charge is -2.44. The van der Waals surface area contributed by atoms with E-state index in [1.54, 1.807) is 0 Å². The van der Waals surface area contributed by atoms with Crippen LogP contribution < -0.4 is 5.32 Å². The molecule has 0 saturated carbocycles. The predicted octanol–water partition coefficient (Wildman–Crippen LogP) is 9.86. The van der Waals surface area contributed by atoms with E-state index in [0.29, 0.717) is 12.8 Å². The van der Waals surface area contributed by atoms with Crippen molar-refractivity contribution in [1.29, 1.82) is 0 Å². The van der Waals surface area contributed by atoms with Crippen LogP contribution in [0.15, 0.2) is 133 Å². The molecule has 7 rings (SSSR count). The van der Waals surface area contributed by atoms with Crippen LogP contribution in [0, 0.1) is 55.4 Å². The van der Waals surface area contributed by atoms with Crippen molar-refractivity contribution in [3.63, 3.8) is 0 Å². The van der Waals surface area contributed by atoms with Gasteiger partial charge in [0.1, 0.15) is 23.0 Å². The van der Waals surface area contributed by atoms with Gasteiger partial charge in [0.2, 0.25) is 0 Å². The number of aliphatic hydroxyl groups is 2. The molecule has 282 valence electrons. The minimum Gasteiger partial charge on any atom is -0.379 e. The van der Waals surface area contributed by atoms with E-state index in [1.807, 2.05) is 12.1 Å². The molecule has 0 aliphatic carbocycles. The number of nitrogens with one attached hydrogen (secondary N) is 1. The molecule has 1 heterocycles. The molecule has 4 heteroatoms. The normalized spacial score (nSPS) is 17.1. The Hall–Kier alpha value is -4.84. The minimum absolute atomic E-state index is 0.501. The Balaban J connectivity index is 1.58. The van der Waals surface area contributed by atoms with Gasteiger partial charge in [0.15, 0.2) is 0 Å². The summed E-state index contributed by atoms with van der Waals surface area (Å²) in [4.78, 5) is 0. The molecule has 6 aromatic rings. The number of hydrogen-bond donors (Lipinski definition) is 3. The van der Waals surface area contributed by atoms with Crippen LogP contribution in [0.25, 0.3) is 0 Å². The van der Waals surface area contributed by atoms with Crippen molar-refractivity contribution in [3.05, 3.63) is 211 Å². The maximum Gasteiger partial charge on any atom is 0.142 e. The number of ether oxygens (including phenoxy) is 1. The molecule has 0 amide bonds. The number of hydrogen-bond acceptors (Lipinski definition) is 4. The molecule has 1 aliphatic rings. The molecule has 0 radical (unpaired) electrons. The third-order valence-electron chi connectivity index (χ3n) is 11.2. The first-order valence-electron chi connectivity index (χ1n) is 19.5. The van der Waals surface area contributed by atoms with Gasteiger partial charge in [-0.1, -0.05) is 178 Å². The summed E-state index contributed by atoms with van der Waals surface area (Å²) in [5.74, 6) is 0.